The van der Waals surface area contributed by atoms with Crippen LogP contribution in [0.3, 0.4) is 0 Å². The topological polar surface area (TPSA) is 26.0 Å². The summed E-state index contributed by atoms with van der Waals surface area (Å²) >= 11 is 3.70. The van der Waals surface area contributed by atoms with Crippen LogP contribution in [-0.4, -0.2) is 38.1 Å². The standard InChI is InChI=1S/C7H16NS.Sn/c1-7(8)5-3-4-6-9-2;/h7H,2-6,8H2,1H3;. The predicted molar refractivity (Wildman–Crippen MR) is 50.6 cm³/mol. The van der Waals surface area contributed by atoms with Gasteiger partial charge in [-0.2, -0.15) is 0 Å². The van der Waals surface area contributed by atoms with Crippen LogP contribution in [0.15, 0.2) is 0 Å². The van der Waals surface area contributed by atoms with Crippen LogP contribution < -0.4 is 5.73 Å². The Morgan fingerprint density at radius 3 is 2.70 bits per heavy atom. The van der Waals surface area contributed by atoms with Gasteiger partial charge in [0.05, 0.1) is 0 Å². The summed E-state index contributed by atoms with van der Waals surface area (Å²) in [6.45, 7) is 2.08. The van der Waals surface area contributed by atoms with Crippen molar-refractivity contribution in [2.45, 2.75) is 32.2 Å². The number of hydrogen-bond acceptors (Lipinski definition) is 2. The first kappa shape index (κ1) is 11.1. The van der Waals surface area contributed by atoms with Crippen LogP contribution >= 0.6 is 11.8 Å². The third-order valence-electron chi connectivity index (χ3n) is 1.30. The zero-order valence-corrected chi connectivity index (χ0v) is 10.3. The van der Waals surface area contributed by atoms with Gasteiger partial charge in [0, 0.05) is 0 Å². The van der Waals surface area contributed by atoms with E-state index in [0.717, 1.165) is 0 Å². The Bertz CT molecular complexity index is 68.6. The van der Waals surface area contributed by atoms with E-state index in [4.69, 9.17) is 5.73 Å². The number of unbranched alkanes of at least 4 members (excludes halogenated alkanes) is 1. The summed E-state index contributed by atoms with van der Waals surface area (Å²) in [5.41, 5.74) is 5.60. The molecule has 0 amide bonds. The van der Waals surface area contributed by atoms with E-state index in [1.54, 1.807) is 22.5 Å². The summed E-state index contributed by atoms with van der Waals surface area (Å²) in [5.74, 6) is 1.33. The third-order valence-corrected chi connectivity index (χ3v) is 3.83. The van der Waals surface area contributed by atoms with E-state index < -0.39 is 0 Å². The van der Waals surface area contributed by atoms with Crippen molar-refractivity contribution < 1.29 is 0 Å². The maximum absolute atomic E-state index is 5.60. The van der Waals surface area contributed by atoms with Gasteiger partial charge in [0.15, 0.2) is 0 Å². The minimum absolute atomic E-state index is 0.401. The van der Waals surface area contributed by atoms with Gasteiger partial charge in [-0.05, 0) is 0 Å². The van der Waals surface area contributed by atoms with E-state index >= 15 is 0 Å². The van der Waals surface area contributed by atoms with Gasteiger partial charge < -0.3 is 0 Å². The molecule has 0 heterocycles. The Labute approximate surface area is 81.6 Å². The van der Waals surface area contributed by atoms with Crippen molar-refractivity contribution in [3.63, 3.8) is 0 Å². The molecule has 0 aliphatic carbocycles. The molecule has 2 N–H and O–H groups in total. The Morgan fingerprint density at radius 2 is 2.20 bits per heavy atom. The molecule has 0 fully saturated rings. The fourth-order valence-corrected chi connectivity index (χ4v) is 2.53. The fraction of sp³-hybridized carbons (Fsp3) is 1.00. The molecule has 3 radical (unpaired) electrons. The van der Waals surface area contributed by atoms with E-state index in [-0.39, 0.29) is 0 Å². The summed E-state index contributed by atoms with van der Waals surface area (Å²) in [4.78, 5) is 0. The summed E-state index contributed by atoms with van der Waals surface area (Å²) in [7, 11) is 0. The molecule has 0 aromatic rings. The Morgan fingerprint density at radius 1 is 1.50 bits per heavy atom. The first-order valence-corrected chi connectivity index (χ1v) is 6.92. The molecule has 0 saturated heterocycles. The molecule has 0 aliphatic rings. The van der Waals surface area contributed by atoms with Crippen LogP contribution in [-0.2, 0) is 0 Å². The van der Waals surface area contributed by atoms with Crippen molar-refractivity contribution in [1.82, 2.24) is 0 Å². The van der Waals surface area contributed by atoms with Gasteiger partial charge in [-0.25, -0.2) is 0 Å². The third kappa shape index (κ3) is 9.11. The Kier molecular flexibility index (Phi) is 9.12. The van der Waals surface area contributed by atoms with Crippen molar-refractivity contribution in [2.75, 3.05) is 9.52 Å². The van der Waals surface area contributed by atoms with Crippen LogP contribution in [0.25, 0.3) is 0 Å². The molecule has 1 nitrogen and oxygen atoms in total. The number of thioether (sulfide) groups is 1. The van der Waals surface area contributed by atoms with Crippen LogP contribution in [0.5, 0.6) is 0 Å². The molecule has 59 valence electrons. The van der Waals surface area contributed by atoms with Gasteiger partial charge in [-0.3, -0.25) is 0 Å². The number of hydrogen-bond donors (Lipinski definition) is 1. The predicted octanol–water partition coefficient (Wildman–Crippen LogP) is 1.36. The van der Waals surface area contributed by atoms with Gasteiger partial charge in [0.1, 0.15) is 0 Å². The van der Waals surface area contributed by atoms with Gasteiger partial charge >= 0.3 is 81.8 Å². The van der Waals surface area contributed by atoms with Crippen molar-refractivity contribution in [2.24, 2.45) is 5.73 Å². The van der Waals surface area contributed by atoms with Crippen LogP contribution in [0.2, 0.25) is 0 Å². The second kappa shape index (κ2) is 8.21. The molecule has 0 aliphatic heterocycles. The first-order chi connectivity index (χ1) is 4.77. The minimum atomic E-state index is 0.401. The molecule has 0 aromatic carbocycles. The molecule has 3 heteroatoms. The molecule has 0 bridgehead atoms. The van der Waals surface area contributed by atoms with E-state index in [2.05, 4.69) is 18.7 Å². The van der Waals surface area contributed by atoms with E-state index in [0.29, 0.717) is 6.04 Å². The zero-order chi connectivity index (χ0) is 7.82. The quantitative estimate of drug-likeness (QED) is 0.579. The maximum atomic E-state index is 5.60. The van der Waals surface area contributed by atoms with Gasteiger partial charge in [-0.1, -0.05) is 0 Å². The second-order valence-electron chi connectivity index (χ2n) is 2.53. The normalized spacial score (nSPS) is 13.5. The summed E-state index contributed by atoms with van der Waals surface area (Å²) < 4.78 is 1.34. The van der Waals surface area contributed by atoms with Crippen LogP contribution in [0, 0.1) is 0 Å². The molecular formula is C7H16NSSn. The fourth-order valence-electron chi connectivity index (χ4n) is 0.743. The van der Waals surface area contributed by atoms with Gasteiger partial charge in [0.25, 0.3) is 0 Å². The molecule has 0 rings (SSSR count). The zero-order valence-electron chi connectivity index (χ0n) is 6.60. The number of rotatable bonds is 6. The van der Waals surface area contributed by atoms with E-state index in [9.17, 15) is 0 Å². The molecule has 1 unspecified atom stereocenters. The van der Waals surface area contributed by atoms with Crippen molar-refractivity contribution in [3.8, 4) is 0 Å². The molecular weight excluding hydrogens is 249 g/mol. The van der Waals surface area contributed by atoms with Gasteiger partial charge in [0.2, 0.25) is 0 Å². The average Bonchev–Trinajstić information content (AvgIpc) is 1.87. The van der Waals surface area contributed by atoms with E-state index in [1.807, 2.05) is 0 Å². The van der Waals surface area contributed by atoms with Crippen LogP contribution in [0.4, 0.5) is 0 Å². The van der Waals surface area contributed by atoms with E-state index in [1.165, 1.54) is 28.8 Å². The summed E-state index contributed by atoms with van der Waals surface area (Å²) in [5, 5.41) is 0. The molecule has 0 spiro atoms. The Hall–Kier alpha value is 1.11. The Balaban J connectivity index is 2.77. The molecule has 0 saturated carbocycles. The van der Waals surface area contributed by atoms with Gasteiger partial charge in [-0.15, -0.1) is 0 Å². The average molecular weight is 265 g/mol. The van der Waals surface area contributed by atoms with Crippen molar-refractivity contribution in [1.29, 1.82) is 0 Å². The SMILES string of the molecule is CC(N)CCCCS[CH2][Sn]. The first-order valence-electron chi connectivity index (χ1n) is 3.75. The van der Waals surface area contributed by atoms with Crippen molar-refractivity contribution in [3.05, 3.63) is 0 Å². The summed E-state index contributed by atoms with van der Waals surface area (Å²) in [6.07, 6.45) is 3.85. The van der Waals surface area contributed by atoms with Crippen molar-refractivity contribution >= 4 is 34.3 Å². The van der Waals surface area contributed by atoms with Crippen LogP contribution in [0.1, 0.15) is 26.2 Å². The monoisotopic (exact) mass is 266 g/mol. The molecule has 0 aromatic heterocycles. The molecule has 1 atom stereocenters. The molecule has 10 heavy (non-hydrogen) atoms. The number of nitrogens with two attached hydrogens (primary N) is 1. The summed E-state index contributed by atoms with van der Waals surface area (Å²) in [6, 6.07) is 0.401. The second-order valence-corrected chi connectivity index (χ2v) is 6.10.